The normalized spacial score (nSPS) is 20.4. The molecule has 0 saturated carbocycles. The molecule has 0 unspecified atom stereocenters. The molecule has 1 aromatic heterocycles. The standard InChI is InChI=1S/C29H39N5O4/c35-28(23-3-1-5-25(19-23)34-15-17-38-18-16-34)32-26(29(36)37)11-14-33-13-10-21(20-33)6-8-24-9-7-22-4-2-12-30-27(22)31-24/h1,3,5,7,9,19,21,26H,2,4,6,8,10-18,20H2,(H,30,31)(H,32,35)(H,36,37)/t21-,26+/m0/s1. The first-order chi connectivity index (χ1) is 18.5. The molecule has 3 aliphatic heterocycles. The maximum Gasteiger partial charge on any atom is 0.326 e. The Morgan fingerprint density at radius 1 is 1.18 bits per heavy atom. The molecule has 0 radical (unpaired) electrons. The summed E-state index contributed by atoms with van der Waals surface area (Å²) >= 11 is 0. The summed E-state index contributed by atoms with van der Waals surface area (Å²) in [7, 11) is 0. The molecule has 1 aromatic carbocycles. The van der Waals surface area contributed by atoms with Gasteiger partial charge < -0.3 is 30.3 Å². The quantitative estimate of drug-likeness (QED) is 0.438. The first-order valence-corrected chi connectivity index (χ1v) is 14.0. The lowest BCUT2D eigenvalue weighted by Crippen LogP contribution is -2.43. The predicted octanol–water partition coefficient (Wildman–Crippen LogP) is 2.80. The van der Waals surface area contributed by atoms with Gasteiger partial charge in [0, 0.05) is 49.7 Å². The summed E-state index contributed by atoms with van der Waals surface area (Å²) in [6, 6.07) is 10.8. The zero-order valence-electron chi connectivity index (χ0n) is 22.0. The lowest BCUT2D eigenvalue weighted by molar-refractivity contribution is -0.139. The fourth-order valence-electron chi connectivity index (χ4n) is 5.69. The second-order valence-electron chi connectivity index (χ2n) is 10.6. The van der Waals surface area contributed by atoms with Gasteiger partial charge in [-0.05, 0) is 80.8 Å². The van der Waals surface area contributed by atoms with Crippen molar-refractivity contribution in [3.05, 3.63) is 53.2 Å². The van der Waals surface area contributed by atoms with E-state index < -0.39 is 12.0 Å². The molecule has 0 aliphatic carbocycles. The van der Waals surface area contributed by atoms with Crippen LogP contribution in [0.3, 0.4) is 0 Å². The Hall–Kier alpha value is -3.17. The third-order valence-electron chi connectivity index (χ3n) is 7.95. The van der Waals surface area contributed by atoms with Crippen molar-refractivity contribution in [3.8, 4) is 0 Å². The van der Waals surface area contributed by atoms with E-state index in [1.807, 2.05) is 18.2 Å². The first kappa shape index (κ1) is 26.4. The molecule has 2 saturated heterocycles. The molecular weight excluding hydrogens is 482 g/mol. The largest absolute Gasteiger partial charge is 0.480 e. The number of carbonyl (C=O) groups is 2. The Morgan fingerprint density at radius 2 is 2.05 bits per heavy atom. The lowest BCUT2D eigenvalue weighted by Gasteiger charge is -2.29. The Morgan fingerprint density at radius 3 is 2.89 bits per heavy atom. The molecule has 3 aliphatic rings. The van der Waals surface area contributed by atoms with Crippen molar-refractivity contribution in [2.75, 3.05) is 62.7 Å². The molecule has 1 amide bonds. The first-order valence-electron chi connectivity index (χ1n) is 14.0. The summed E-state index contributed by atoms with van der Waals surface area (Å²) in [5, 5.41) is 15.9. The van der Waals surface area contributed by atoms with Gasteiger partial charge in [-0.15, -0.1) is 0 Å². The van der Waals surface area contributed by atoms with Crippen molar-refractivity contribution in [1.82, 2.24) is 15.2 Å². The minimum absolute atomic E-state index is 0.348. The zero-order chi connectivity index (χ0) is 26.3. The van der Waals surface area contributed by atoms with E-state index in [0.717, 1.165) is 75.6 Å². The maximum absolute atomic E-state index is 12.9. The van der Waals surface area contributed by atoms with Gasteiger partial charge in [-0.2, -0.15) is 0 Å². The van der Waals surface area contributed by atoms with Gasteiger partial charge in [0.05, 0.1) is 13.2 Å². The second-order valence-corrected chi connectivity index (χ2v) is 10.6. The average Bonchev–Trinajstić information content (AvgIpc) is 3.42. The molecule has 3 N–H and O–H groups in total. The molecule has 2 fully saturated rings. The number of aliphatic carboxylic acids is 1. The number of amides is 1. The molecule has 9 heteroatoms. The molecule has 5 rings (SSSR count). The van der Waals surface area contributed by atoms with Crippen LogP contribution in [0.25, 0.3) is 0 Å². The fourth-order valence-corrected chi connectivity index (χ4v) is 5.69. The minimum atomic E-state index is -0.995. The van der Waals surface area contributed by atoms with Crippen LogP contribution in [0.2, 0.25) is 0 Å². The topological polar surface area (TPSA) is 107 Å². The monoisotopic (exact) mass is 521 g/mol. The average molecular weight is 522 g/mol. The maximum atomic E-state index is 12.9. The Bertz CT molecular complexity index is 1120. The summed E-state index contributed by atoms with van der Waals surface area (Å²) < 4.78 is 5.41. The number of morpholine rings is 1. The van der Waals surface area contributed by atoms with Crippen LogP contribution in [0.15, 0.2) is 36.4 Å². The molecule has 2 atom stereocenters. The van der Waals surface area contributed by atoms with Crippen LogP contribution in [0.1, 0.15) is 47.3 Å². The number of aryl methyl sites for hydroxylation is 2. The van der Waals surface area contributed by atoms with Gasteiger partial charge in [-0.25, -0.2) is 9.78 Å². The van der Waals surface area contributed by atoms with Crippen LogP contribution in [0, 0.1) is 5.92 Å². The molecule has 2 aromatic rings. The number of carboxylic acid groups (broad SMARTS) is 1. The highest BCUT2D eigenvalue weighted by Crippen LogP contribution is 2.24. The van der Waals surface area contributed by atoms with Gasteiger partial charge in [-0.3, -0.25) is 4.79 Å². The van der Waals surface area contributed by atoms with Crippen LogP contribution in [-0.4, -0.2) is 85.4 Å². The van der Waals surface area contributed by atoms with Crippen LogP contribution in [0.5, 0.6) is 0 Å². The number of hydrogen-bond acceptors (Lipinski definition) is 7. The predicted molar refractivity (Wildman–Crippen MR) is 147 cm³/mol. The zero-order valence-corrected chi connectivity index (χ0v) is 22.0. The lowest BCUT2D eigenvalue weighted by atomic mass is 10.00. The van der Waals surface area contributed by atoms with Crippen LogP contribution in [0.4, 0.5) is 11.5 Å². The van der Waals surface area contributed by atoms with E-state index in [-0.39, 0.29) is 5.91 Å². The van der Waals surface area contributed by atoms with Gasteiger partial charge in [0.15, 0.2) is 0 Å². The van der Waals surface area contributed by atoms with E-state index in [1.165, 1.54) is 12.0 Å². The van der Waals surface area contributed by atoms with Gasteiger partial charge >= 0.3 is 5.97 Å². The molecule has 9 nitrogen and oxygen atoms in total. The summed E-state index contributed by atoms with van der Waals surface area (Å²) in [5.74, 6) is 0.294. The second kappa shape index (κ2) is 12.6. The van der Waals surface area contributed by atoms with Crippen LogP contribution < -0.4 is 15.5 Å². The highest BCUT2D eigenvalue weighted by atomic mass is 16.5. The van der Waals surface area contributed by atoms with Crippen molar-refractivity contribution in [1.29, 1.82) is 0 Å². The number of carboxylic acids is 1. The Labute approximate surface area is 224 Å². The number of fused-ring (bicyclic) bond motifs is 1. The van der Waals surface area contributed by atoms with Crippen LogP contribution in [-0.2, 0) is 22.4 Å². The van der Waals surface area contributed by atoms with Crippen molar-refractivity contribution >= 4 is 23.4 Å². The summed E-state index contributed by atoms with van der Waals surface area (Å²) in [4.78, 5) is 34.2. The number of likely N-dealkylation sites (tertiary alicyclic amines) is 1. The number of nitrogens with one attached hydrogen (secondary N) is 2. The van der Waals surface area contributed by atoms with Gasteiger partial charge in [0.25, 0.3) is 5.91 Å². The van der Waals surface area contributed by atoms with E-state index in [1.54, 1.807) is 6.07 Å². The number of rotatable bonds is 10. The molecule has 4 heterocycles. The number of pyridine rings is 1. The number of benzene rings is 1. The fraction of sp³-hybridized carbons (Fsp3) is 0.552. The highest BCUT2D eigenvalue weighted by Gasteiger charge is 2.26. The number of ether oxygens (including phenoxy) is 1. The molecule has 38 heavy (non-hydrogen) atoms. The summed E-state index contributed by atoms with van der Waals surface area (Å²) in [6.07, 6.45) is 5.81. The summed E-state index contributed by atoms with van der Waals surface area (Å²) in [6.45, 7) is 6.47. The SMILES string of the molecule is O=C(N[C@H](CCN1CC[C@H](CCc2ccc3c(n2)NCCC3)C1)C(=O)O)c1cccc(N2CCOCC2)c1. The van der Waals surface area contributed by atoms with Crippen molar-refractivity contribution in [3.63, 3.8) is 0 Å². The number of aromatic nitrogens is 1. The molecule has 0 bridgehead atoms. The smallest absolute Gasteiger partial charge is 0.326 e. The summed E-state index contributed by atoms with van der Waals surface area (Å²) in [5.41, 5.74) is 3.89. The van der Waals surface area contributed by atoms with E-state index >= 15 is 0 Å². The molecule has 0 spiro atoms. The van der Waals surface area contributed by atoms with E-state index in [0.29, 0.717) is 37.7 Å². The Kier molecular flexibility index (Phi) is 8.75. The molecular formula is C29H39N5O4. The van der Waals surface area contributed by atoms with Gasteiger partial charge in [0.1, 0.15) is 11.9 Å². The van der Waals surface area contributed by atoms with Crippen molar-refractivity contribution in [2.24, 2.45) is 5.92 Å². The van der Waals surface area contributed by atoms with E-state index in [4.69, 9.17) is 9.72 Å². The van der Waals surface area contributed by atoms with E-state index in [9.17, 15) is 14.7 Å². The number of carbonyl (C=O) groups excluding carboxylic acids is 1. The van der Waals surface area contributed by atoms with Crippen molar-refractivity contribution in [2.45, 2.75) is 44.6 Å². The van der Waals surface area contributed by atoms with Crippen LogP contribution >= 0.6 is 0 Å². The number of anilines is 2. The number of nitrogens with zero attached hydrogens (tertiary/aromatic N) is 3. The van der Waals surface area contributed by atoms with Gasteiger partial charge in [-0.1, -0.05) is 12.1 Å². The third-order valence-corrected chi connectivity index (χ3v) is 7.95. The highest BCUT2D eigenvalue weighted by molar-refractivity contribution is 5.97. The van der Waals surface area contributed by atoms with Crippen molar-refractivity contribution < 1.29 is 19.4 Å². The number of hydrogen-bond donors (Lipinski definition) is 3. The third kappa shape index (κ3) is 6.82. The Balaban J connectivity index is 1.08. The molecule has 204 valence electrons. The van der Waals surface area contributed by atoms with E-state index in [2.05, 4.69) is 32.6 Å². The minimum Gasteiger partial charge on any atom is -0.480 e. The van der Waals surface area contributed by atoms with Gasteiger partial charge in [0.2, 0.25) is 0 Å².